The average molecular weight is 188 g/mol. The van der Waals surface area contributed by atoms with Crippen molar-refractivity contribution < 1.29 is 4.74 Å². The lowest BCUT2D eigenvalue weighted by molar-refractivity contribution is 0.162. The van der Waals surface area contributed by atoms with Crippen molar-refractivity contribution in [2.75, 3.05) is 0 Å². The van der Waals surface area contributed by atoms with Gasteiger partial charge in [0.1, 0.15) is 6.10 Å². The van der Waals surface area contributed by atoms with Crippen molar-refractivity contribution in [1.82, 2.24) is 0 Å². The van der Waals surface area contributed by atoms with Gasteiger partial charge in [0.25, 0.3) is 0 Å². The maximum absolute atomic E-state index is 5.55. The lowest BCUT2D eigenvalue weighted by Crippen LogP contribution is -1.94. The first-order valence-corrected chi connectivity index (χ1v) is 4.73. The van der Waals surface area contributed by atoms with Gasteiger partial charge in [0.05, 0.1) is 6.26 Å². The fourth-order valence-electron chi connectivity index (χ4n) is 1.06. The monoisotopic (exact) mass is 188 g/mol. The van der Waals surface area contributed by atoms with Crippen molar-refractivity contribution in [2.45, 2.75) is 20.0 Å². The Morgan fingerprint density at radius 3 is 2.57 bits per heavy atom. The van der Waals surface area contributed by atoms with E-state index in [1.54, 1.807) is 12.3 Å². The number of ether oxygens (including phenoxy) is 1. The number of rotatable bonds is 4. The summed E-state index contributed by atoms with van der Waals surface area (Å²) in [5, 5.41) is 0. The molecule has 14 heavy (non-hydrogen) atoms. The van der Waals surface area contributed by atoms with Gasteiger partial charge in [-0.25, -0.2) is 0 Å². The zero-order valence-corrected chi connectivity index (χ0v) is 8.73. The molecule has 0 radical (unpaired) electrons. The minimum atomic E-state index is 0.0890. The van der Waals surface area contributed by atoms with Gasteiger partial charge in [-0.15, -0.1) is 0 Å². The van der Waals surface area contributed by atoms with Crippen LogP contribution in [0.2, 0.25) is 0 Å². The first kappa shape index (κ1) is 10.6. The molecule has 74 valence electrons. The minimum Gasteiger partial charge on any atom is -0.493 e. The molecule has 0 bridgehead atoms. The highest BCUT2D eigenvalue weighted by Gasteiger charge is 2.02. The zero-order chi connectivity index (χ0) is 10.4. The van der Waals surface area contributed by atoms with Crippen molar-refractivity contribution in [2.24, 2.45) is 0 Å². The van der Waals surface area contributed by atoms with E-state index < -0.39 is 0 Å². The summed E-state index contributed by atoms with van der Waals surface area (Å²) in [7, 11) is 0. The van der Waals surface area contributed by atoms with E-state index in [2.05, 4.69) is 18.7 Å². The predicted molar refractivity (Wildman–Crippen MR) is 59.9 cm³/mol. The van der Waals surface area contributed by atoms with Crippen molar-refractivity contribution in [3.05, 3.63) is 60.4 Å². The Bertz CT molecular complexity index is 311. The molecule has 1 heteroatoms. The van der Waals surface area contributed by atoms with Gasteiger partial charge in [0.2, 0.25) is 0 Å². The SMILES string of the molecule is C=C/C(C)=C\OC(C)c1ccccc1. The Kier molecular flexibility index (Phi) is 3.99. The van der Waals surface area contributed by atoms with Gasteiger partial charge in [0, 0.05) is 0 Å². The number of allylic oxidation sites excluding steroid dienone is 2. The predicted octanol–water partition coefficient (Wildman–Crippen LogP) is 3.85. The number of hydrogen-bond donors (Lipinski definition) is 0. The highest BCUT2D eigenvalue weighted by Crippen LogP contribution is 2.16. The summed E-state index contributed by atoms with van der Waals surface area (Å²) in [5.41, 5.74) is 2.22. The summed E-state index contributed by atoms with van der Waals surface area (Å²) in [5.74, 6) is 0. The van der Waals surface area contributed by atoms with E-state index in [1.165, 1.54) is 5.56 Å². The second kappa shape index (κ2) is 5.28. The lowest BCUT2D eigenvalue weighted by atomic mass is 10.1. The maximum Gasteiger partial charge on any atom is 0.120 e. The third-order valence-electron chi connectivity index (χ3n) is 2.05. The smallest absolute Gasteiger partial charge is 0.120 e. The normalized spacial score (nSPS) is 13.4. The maximum atomic E-state index is 5.55. The zero-order valence-electron chi connectivity index (χ0n) is 8.73. The summed E-state index contributed by atoms with van der Waals surface area (Å²) in [6.07, 6.45) is 3.61. The van der Waals surface area contributed by atoms with Crippen LogP contribution in [0.5, 0.6) is 0 Å². The second-order valence-electron chi connectivity index (χ2n) is 3.25. The summed E-state index contributed by atoms with van der Waals surface area (Å²) >= 11 is 0. The van der Waals surface area contributed by atoms with Crippen molar-refractivity contribution >= 4 is 0 Å². The van der Waals surface area contributed by atoms with Crippen LogP contribution in [-0.2, 0) is 4.74 Å². The summed E-state index contributed by atoms with van der Waals surface area (Å²) in [4.78, 5) is 0. The summed E-state index contributed by atoms with van der Waals surface area (Å²) in [6, 6.07) is 10.1. The average Bonchev–Trinajstić information content (AvgIpc) is 2.26. The lowest BCUT2D eigenvalue weighted by Gasteiger charge is -2.11. The van der Waals surface area contributed by atoms with Crippen LogP contribution in [0.3, 0.4) is 0 Å². The molecule has 0 fully saturated rings. The summed E-state index contributed by atoms with van der Waals surface area (Å²) < 4.78 is 5.55. The molecule has 0 aliphatic heterocycles. The van der Waals surface area contributed by atoms with Gasteiger partial charge in [-0.05, 0) is 25.0 Å². The molecule has 0 aliphatic rings. The van der Waals surface area contributed by atoms with Gasteiger partial charge >= 0.3 is 0 Å². The largest absolute Gasteiger partial charge is 0.493 e. The van der Waals surface area contributed by atoms with Gasteiger partial charge in [-0.3, -0.25) is 0 Å². The van der Waals surface area contributed by atoms with Gasteiger partial charge in [-0.1, -0.05) is 43.0 Å². The molecule has 0 aliphatic carbocycles. The number of benzene rings is 1. The molecule has 1 aromatic rings. The van der Waals surface area contributed by atoms with E-state index in [1.807, 2.05) is 32.0 Å². The molecule has 0 heterocycles. The molecule has 1 aromatic carbocycles. The molecule has 0 aromatic heterocycles. The van der Waals surface area contributed by atoms with E-state index in [4.69, 9.17) is 4.74 Å². The Morgan fingerprint density at radius 1 is 1.36 bits per heavy atom. The van der Waals surface area contributed by atoms with Crippen LogP contribution < -0.4 is 0 Å². The molecule has 0 saturated carbocycles. The van der Waals surface area contributed by atoms with Crippen LogP contribution in [-0.4, -0.2) is 0 Å². The fourth-order valence-corrected chi connectivity index (χ4v) is 1.06. The first-order chi connectivity index (χ1) is 6.74. The van der Waals surface area contributed by atoms with Crippen LogP contribution in [0, 0.1) is 0 Å². The third kappa shape index (κ3) is 3.09. The molecule has 0 spiro atoms. The van der Waals surface area contributed by atoms with Crippen LogP contribution >= 0.6 is 0 Å². The van der Waals surface area contributed by atoms with Gasteiger partial charge in [-0.2, -0.15) is 0 Å². The van der Waals surface area contributed by atoms with E-state index in [0.29, 0.717) is 0 Å². The molecule has 1 atom stereocenters. The Morgan fingerprint density at radius 2 is 2.00 bits per heavy atom. The van der Waals surface area contributed by atoms with Crippen LogP contribution in [0.1, 0.15) is 25.5 Å². The van der Waals surface area contributed by atoms with Crippen LogP contribution in [0.15, 0.2) is 54.8 Å². The Labute approximate surface area is 85.7 Å². The van der Waals surface area contributed by atoms with Gasteiger partial charge < -0.3 is 4.74 Å². The van der Waals surface area contributed by atoms with E-state index in [0.717, 1.165) is 5.57 Å². The Balaban J connectivity index is 2.59. The molecule has 1 nitrogen and oxygen atoms in total. The quantitative estimate of drug-likeness (QED) is 0.515. The molecule has 0 saturated heterocycles. The summed E-state index contributed by atoms with van der Waals surface area (Å²) in [6.45, 7) is 7.66. The molecular weight excluding hydrogens is 172 g/mol. The first-order valence-electron chi connectivity index (χ1n) is 4.73. The van der Waals surface area contributed by atoms with Crippen molar-refractivity contribution in [3.63, 3.8) is 0 Å². The molecule has 0 amide bonds. The van der Waals surface area contributed by atoms with E-state index in [9.17, 15) is 0 Å². The third-order valence-corrected chi connectivity index (χ3v) is 2.05. The standard InChI is InChI=1S/C13H16O/c1-4-11(2)10-14-12(3)13-8-6-5-7-9-13/h4-10,12H,1H2,2-3H3/b11-10-. The molecular formula is C13H16O. The van der Waals surface area contributed by atoms with E-state index >= 15 is 0 Å². The topological polar surface area (TPSA) is 9.23 Å². The fraction of sp³-hybridized carbons (Fsp3) is 0.231. The molecule has 1 rings (SSSR count). The van der Waals surface area contributed by atoms with Crippen molar-refractivity contribution in [1.29, 1.82) is 0 Å². The highest BCUT2D eigenvalue weighted by molar-refractivity contribution is 5.17. The van der Waals surface area contributed by atoms with Crippen LogP contribution in [0.25, 0.3) is 0 Å². The number of hydrogen-bond acceptors (Lipinski definition) is 1. The molecule has 0 N–H and O–H groups in total. The molecule has 1 unspecified atom stereocenters. The van der Waals surface area contributed by atoms with E-state index in [-0.39, 0.29) is 6.10 Å². The highest BCUT2D eigenvalue weighted by atomic mass is 16.5. The second-order valence-corrected chi connectivity index (χ2v) is 3.25. The van der Waals surface area contributed by atoms with Crippen molar-refractivity contribution in [3.8, 4) is 0 Å². The van der Waals surface area contributed by atoms with Gasteiger partial charge in [0.15, 0.2) is 0 Å². The Hall–Kier alpha value is -1.50. The van der Waals surface area contributed by atoms with Crippen LogP contribution in [0.4, 0.5) is 0 Å². The minimum absolute atomic E-state index is 0.0890.